The van der Waals surface area contributed by atoms with Gasteiger partial charge >= 0.3 is 0 Å². The summed E-state index contributed by atoms with van der Waals surface area (Å²) in [5, 5.41) is 8.88. The van der Waals surface area contributed by atoms with Crippen molar-refractivity contribution < 1.29 is 9.15 Å². The van der Waals surface area contributed by atoms with Crippen LogP contribution in [0.25, 0.3) is 11.5 Å². The molecule has 7 heteroatoms. The predicted octanol–water partition coefficient (Wildman–Crippen LogP) is 4.66. The van der Waals surface area contributed by atoms with Crippen molar-refractivity contribution in [1.29, 1.82) is 0 Å². The van der Waals surface area contributed by atoms with Crippen molar-refractivity contribution in [3.05, 3.63) is 63.9 Å². The molecule has 0 aliphatic carbocycles. The first kappa shape index (κ1) is 17.9. The molecule has 1 heterocycles. The van der Waals surface area contributed by atoms with E-state index < -0.39 is 0 Å². The van der Waals surface area contributed by atoms with Crippen molar-refractivity contribution in [2.75, 3.05) is 20.2 Å². The zero-order chi connectivity index (χ0) is 17.6. The van der Waals surface area contributed by atoms with Crippen LogP contribution in [0.1, 0.15) is 5.89 Å². The predicted molar refractivity (Wildman–Crippen MR) is 101 cm³/mol. The van der Waals surface area contributed by atoms with Crippen LogP contribution in [0.5, 0.6) is 5.75 Å². The van der Waals surface area contributed by atoms with Gasteiger partial charge < -0.3 is 9.15 Å². The van der Waals surface area contributed by atoms with E-state index in [9.17, 15) is 0 Å². The average Bonchev–Trinajstić information content (AvgIpc) is 3.03. The Kier molecular flexibility index (Phi) is 6.07. The number of hydrogen-bond acceptors (Lipinski definition) is 5. The highest BCUT2D eigenvalue weighted by Gasteiger charge is 2.11. The molecule has 1 aromatic heterocycles. The Morgan fingerprint density at radius 2 is 2.00 bits per heavy atom. The molecule has 0 aliphatic rings. The van der Waals surface area contributed by atoms with Crippen molar-refractivity contribution in [3.63, 3.8) is 0 Å². The SMILES string of the molecule is CN(CCOc1cccc(Cl)c1)Cc1nnc(-c2cccc(Br)c2)o1. The molecule has 0 fully saturated rings. The third-order valence-corrected chi connectivity index (χ3v) is 4.21. The second-order valence-electron chi connectivity index (χ2n) is 5.55. The first-order valence-corrected chi connectivity index (χ1v) is 8.92. The summed E-state index contributed by atoms with van der Waals surface area (Å²) in [6.45, 7) is 1.82. The highest BCUT2D eigenvalue weighted by atomic mass is 79.9. The van der Waals surface area contributed by atoms with Gasteiger partial charge in [0.05, 0.1) is 6.54 Å². The fourth-order valence-corrected chi connectivity index (χ4v) is 2.82. The van der Waals surface area contributed by atoms with Crippen LogP contribution in [0.4, 0.5) is 0 Å². The summed E-state index contributed by atoms with van der Waals surface area (Å²) in [6, 6.07) is 15.1. The second kappa shape index (κ2) is 8.47. The lowest BCUT2D eigenvalue weighted by Gasteiger charge is -2.14. The number of rotatable bonds is 7. The maximum absolute atomic E-state index is 5.94. The molecule has 0 N–H and O–H groups in total. The molecule has 25 heavy (non-hydrogen) atoms. The second-order valence-corrected chi connectivity index (χ2v) is 6.91. The van der Waals surface area contributed by atoms with E-state index in [4.69, 9.17) is 20.8 Å². The molecule has 0 atom stereocenters. The molecule has 0 bridgehead atoms. The molecule has 3 rings (SSSR count). The van der Waals surface area contributed by atoms with Gasteiger partial charge in [-0.3, -0.25) is 4.90 Å². The maximum atomic E-state index is 5.94. The minimum atomic E-state index is 0.514. The first-order valence-electron chi connectivity index (χ1n) is 7.75. The van der Waals surface area contributed by atoms with E-state index in [2.05, 4.69) is 31.0 Å². The lowest BCUT2D eigenvalue weighted by atomic mass is 10.2. The van der Waals surface area contributed by atoms with Gasteiger partial charge in [0.1, 0.15) is 12.4 Å². The van der Waals surface area contributed by atoms with Gasteiger partial charge in [0.2, 0.25) is 11.8 Å². The summed E-state index contributed by atoms with van der Waals surface area (Å²) in [5.74, 6) is 1.84. The summed E-state index contributed by atoms with van der Waals surface area (Å²) >= 11 is 9.37. The molecule has 3 aromatic rings. The molecule has 0 spiro atoms. The van der Waals surface area contributed by atoms with Crippen LogP contribution in [0.3, 0.4) is 0 Å². The van der Waals surface area contributed by atoms with Gasteiger partial charge in [0.25, 0.3) is 0 Å². The summed E-state index contributed by atoms with van der Waals surface area (Å²) in [7, 11) is 1.98. The Morgan fingerprint density at radius 3 is 2.80 bits per heavy atom. The van der Waals surface area contributed by atoms with Crippen LogP contribution in [-0.4, -0.2) is 35.3 Å². The van der Waals surface area contributed by atoms with Crippen LogP contribution >= 0.6 is 27.5 Å². The van der Waals surface area contributed by atoms with E-state index in [0.717, 1.165) is 22.3 Å². The smallest absolute Gasteiger partial charge is 0.247 e. The van der Waals surface area contributed by atoms with Crippen LogP contribution in [0.15, 0.2) is 57.4 Å². The average molecular weight is 423 g/mol. The summed E-state index contributed by atoms with van der Waals surface area (Å²) in [6.07, 6.45) is 0. The van der Waals surface area contributed by atoms with Gasteiger partial charge in [-0.2, -0.15) is 0 Å². The summed E-state index contributed by atoms with van der Waals surface area (Å²) < 4.78 is 12.4. The molecular formula is C18H17BrClN3O2. The van der Waals surface area contributed by atoms with Gasteiger partial charge in [-0.05, 0) is 43.4 Å². The van der Waals surface area contributed by atoms with Crippen molar-refractivity contribution in [2.24, 2.45) is 0 Å². The Labute approximate surface area is 159 Å². The monoisotopic (exact) mass is 421 g/mol. The zero-order valence-corrected chi connectivity index (χ0v) is 16.0. The zero-order valence-electron chi connectivity index (χ0n) is 13.7. The fraction of sp³-hybridized carbons (Fsp3) is 0.222. The normalized spacial score (nSPS) is 11.0. The van der Waals surface area contributed by atoms with Gasteiger partial charge in [0.15, 0.2) is 0 Å². The molecule has 0 radical (unpaired) electrons. The fourth-order valence-electron chi connectivity index (χ4n) is 2.24. The molecule has 5 nitrogen and oxygen atoms in total. The number of likely N-dealkylation sites (N-methyl/N-ethyl adjacent to an activating group) is 1. The van der Waals surface area contributed by atoms with Gasteiger partial charge in [-0.1, -0.05) is 39.7 Å². The van der Waals surface area contributed by atoms with Crippen LogP contribution < -0.4 is 4.74 Å². The maximum Gasteiger partial charge on any atom is 0.247 e. The van der Waals surface area contributed by atoms with E-state index in [1.165, 1.54) is 0 Å². The molecule has 130 valence electrons. The van der Waals surface area contributed by atoms with E-state index in [1.54, 1.807) is 6.07 Å². The highest BCUT2D eigenvalue weighted by Crippen LogP contribution is 2.22. The molecule has 0 unspecified atom stereocenters. The van der Waals surface area contributed by atoms with Gasteiger partial charge in [-0.25, -0.2) is 0 Å². The minimum absolute atomic E-state index is 0.514. The van der Waals surface area contributed by atoms with E-state index in [-0.39, 0.29) is 0 Å². The highest BCUT2D eigenvalue weighted by molar-refractivity contribution is 9.10. The third-order valence-electron chi connectivity index (χ3n) is 3.48. The number of nitrogens with zero attached hydrogens (tertiary/aromatic N) is 3. The first-order chi connectivity index (χ1) is 12.1. The lowest BCUT2D eigenvalue weighted by Crippen LogP contribution is -2.24. The van der Waals surface area contributed by atoms with Crippen LogP contribution in [0, 0.1) is 0 Å². The Morgan fingerprint density at radius 1 is 1.16 bits per heavy atom. The number of ether oxygens (including phenoxy) is 1. The lowest BCUT2D eigenvalue weighted by molar-refractivity contribution is 0.220. The molecule has 0 aliphatic heterocycles. The molecule has 2 aromatic carbocycles. The molecule has 0 saturated carbocycles. The van der Waals surface area contributed by atoms with Crippen LogP contribution in [-0.2, 0) is 6.54 Å². The van der Waals surface area contributed by atoms with E-state index in [1.807, 2.05) is 49.5 Å². The van der Waals surface area contributed by atoms with E-state index >= 15 is 0 Å². The molecule has 0 saturated heterocycles. The van der Waals surface area contributed by atoms with Crippen molar-refractivity contribution in [3.8, 4) is 17.2 Å². The minimum Gasteiger partial charge on any atom is -0.492 e. The quantitative estimate of drug-likeness (QED) is 0.554. The Hall–Kier alpha value is -1.89. The van der Waals surface area contributed by atoms with E-state index in [0.29, 0.717) is 30.0 Å². The summed E-state index contributed by atoms with van der Waals surface area (Å²) in [5.41, 5.74) is 0.889. The number of hydrogen-bond donors (Lipinski definition) is 0. The standard InChI is InChI=1S/C18H17BrClN3O2/c1-23(8-9-24-16-7-3-6-15(20)11-16)12-17-21-22-18(25-17)13-4-2-5-14(19)10-13/h2-7,10-11H,8-9,12H2,1H3. The number of halogens is 2. The largest absolute Gasteiger partial charge is 0.492 e. The molecule has 0 amide bonds. The van der Waals surface area contributed by atoms with Gasteiger partial charge in [-0.15, -0.1) is 10.2 Å². The van der Waals surface area contributed by atoms with Crippen molar-refractivity contribution in [2.45, 2.75) is 6.54 Å². The third kappa shape index (κ3) is 5.29. The topological polar surface area (TPSA) is 51.4 Å². The Bertz CT molecular complexity index is 840. The van der Waals surface area contributed by atoms with Crippen molar-refractivity contribution >= 4 is 27.5 Å². The van der Waals surface area contributed by atoms with Gasteiger partial charge in [0, 0.05) is 21.6 Å². The summed E-state index contributed by atoms with van der Waals surface area (Å²) in [4.78, 5) is 2.06. The Balaban J connectivity index is 1.50. The van der Waals surface area contributed by atoms with Crippen LogP contribution in [0.2, 0.25) is 5.02 Å². The number of benzene rings is 2. The number of aromatic nitrogens is 2. The molecular weight excluding hydrogens is 406 g/mol. The van der Waals surface area contributed by atoms with Crippen molar-refractivity contribution in [1.82, 2.24) is 15.1 Å².